The van der Waals surface area contributed by atoms with Gasteiger partial charge in [0.25, 0.3) is 9.84 Å². The van der Waals surface area contributed by atoms with E-state index in [2.05, 4.69) is 30.5 Å². The molecule has 2 heterocycles. The summed E-state index contributed by atoms with van der Waals surface area (Å²) in [4.78, 5) is 17.8. The van der Waals surface area contributed by atoms with Gasteiger partial charge in [0.2, 0.25) is 0 Å². The number of sulfone groups is 1. The molecule has 0 atom stereocenters. The fourth-order valence-electron chi connectivity index (χ4n) is 8.40. The van der Waals surface area contributed by atoms with Gasteiger partial charge >= 0.3 is 11.5 Å². The van der Waals surface area contributed by atoms with Crippen molar-refractivity contribution in [1.29, 1.82) is 0 Å². The number of hydrogen-bond donors (Lipinski definition) is 3. The summed E-state index contributed by atoms with van der Waals surface area (Å²) in [5.41, 5.74) is 0.780. The second kappa shape index (κ2) is 21.2. The quantitative estimate of drug-likeness (QED) is 0.0460. The summed E-state index contributed by atoms with van der Waals surface area (Å²) in [5, 5.41) is 14.1. The van der Waals surface area contributed by atoms with Crippen LogP contribution >= 0.6 is 35.3 Å². The summed E-state index contributed by atoms with van der Waals surface area (Å²) in [6.45, 7) is 8.79. The number of benzene rings is 6. The van der Waals surface area contributed by atoms with E-state index in [9.17, 15) is 31.5 Å². The Labute approximate surface area is 413 Å². The Bertz CT molecular complexity index is 3040. The first-order valence-corrected chi connectivity index (χ1v) is 25.8. The van der Waals surface area contributed by atoms with Gasteiger partial charge in [-0.05, 0) is 123 Å². The Hall–Kier alpha value is -6.20. The molecule has 0 unspecified atom stereocenters. The lowest BCUT2D eigenvalue weighted by Gasteiger charge is -2.37. The lowest BCUT2D eigenvalue weighted by Crippen LogP contribution is -2.46. The van der Waals surface area contributed by atoms with Crippen molar-refractivity contribution in [3.05, 3.63) is 162 Å². The highest BCUT2D eigenvalue weighted by Crippen LogP contribution is 2.44. The van der Waals surface area contributed by atoms with E-state index in [0.717, 1.165) is 51.1 Å². The Balaban J connectivity index is 1.01. The zero-order chi connectivity index (χ0) is 48.9. The summed E-state index contributed by atoms with van der Waals surface area (Å²) in [6, 6.07) is 43.8. The van der Waals surface area contributed by atoms with Crippen LogP contribution in [0.2, 0.25) is 5.02 Å². The topological polar surface area (TPSA) is 116 Å². The molecule has 10 nitrogen and oxygen atoms in total. The molecule has 3 N–H and O–H groups in total. The summed E-state index contributed by atoms with van der Waals surface area (Å²) in [5.74, 6) is 0.517. The number of anilines is 4. The van der Waals surface area contributed by atoms with E-state index >= 15 is 0 Å². The van der Waals surface area contributed by atoms with Gasteiger partial charge in [-0.2, -0.15) is 13.2 Å². The fourth-order valence-corrected chi connectivity index (χ4v) is 11.1. The number of carboxylic acid groups (broad SMARTS) is 1. The molecule has 8 rings (SSSR count). The van der Waals surface area contributed by atoms with Crippen molar-refractivity contribution >= 4 is 73.9 Å². The van der Waals surface area contributed by atoms with E-state index in [1.165, 1.54) is 17.8 Å². The number of rotatable bonds is 17. The van der Waals surface area contributed by atoms with Crippen LogP contribution in [0.4, 0.5) is 35.9 Å². The number of alkyl halides is 3. The molecule has 1 aromatic heterocycles. The minimum atomic E-state index is -5.70. The third kappa shape index (κ3) is 11.1. The average Bonchev–Trinajstić information content (AvgIpc) is 3.66. The van der Waals surface area contributed by atoms with Gasteiger partial charge in [0.05, 0.1) is 22.6 Å². The molecule has 1 saturated heterocycles. The van der Waals surface area contributed by atoms with Crippen molar-refractivity contribution in [2.24, 2.45) is 0 Å². The molecule has 69 heavy (non-hydrogen) atoms. The smallest absolute Gasteiger partial charge is 0.478 e. The molecule has 0 amide bonds. The molecule has 0 radical (unpaired) electrons. The van der Waals surface area contributed by atoms with E-state index in [4.69, 9.17) is 16.3 Å². The van der Waals surface area contributed by atoms with Gasteiger partial charge in [-0.1, -0.05) is 72.3 Å². The number of nitrogens with zero attached hydrogens (tertiary/aromatic N) is 3. The van der Waals surface area contributed by atoms with Crippen LogP contribution in [-0.2, 0) is 9.84 Å². The van der Waals surface area contributed by atoms with Gasteiger partial charge in [-0.3, -0.25) is 0 Å². The predicted molar refractivity (Wildman–Crippen MR) is 275 cm³/mol. The zero-order valence-electron chi connectivity index (χ0n) is 37.8. The maximum absolute atomic E-state index is 14.0. The maximum Gasteiger partial charge on any atom is 0.501 e. The number of ether oxygens (including phenoxy) is 1. The van der Waals surface area contributed by atoms with Crippen LogP contribution < -0.4 is 24.6 Å². The first-order valence-electron chi connectivity index (χ1n) is 22.1. The highest BCUT2D eigenvalue weighted by Gasteiger charge is 2.48. The molecule has 1 aliphatic heterocycles. The van der Waals surface area contributed by atoms with Crippen molar-refractivity contribution in [2.45, 2.75) is 47.0 Å². The molecule has 6 aromatic carbocycles. The predicted octanol–water partition coefficient (Wildman–Crippen LogP) is 13.8. The third-order valence-corrected chi connectivity index (χ3v) is 15.2. The first-order chi connectivity index (χ1) is 33.1. The number of carbonyl (C=O) groups is 1. The highest BCUT2D eigenvalue weighted by atomic mass is 35.5. The second-order valence-electron chi connectivity index (χ2n) is 16.5. The Morgan fingerprint density at radius 3 is 2.04 bits per heavy atom. The number of hydrogen-bond acceptors (Lipinski definition) is 10. The van der Waals surface area contributed by atoms with Crippen molar-refractivity contribution in [3.8, 4) is 33.9 Å². The van der Waals surface area contributed by atoms with Crippen molar-refractivity contribution < 1.29 is 36.2 Å². The summed E-state index contributed by atoms with van der Waals surface area (Å²) < 4.78 is 79.4. The van der Waals surface area contributed by atoms with E-state index in [1.54, 1.807) is 6.07 Å². The molecule has 0 bridgehead atoms. The molecule has 0 aliphatic carbocycles. The molecule has 17 heteroatoms. The number of aromatic nitrogens is 1. The molecule has 7 aromatic rings. The Morgan fingerprint density at radius 1 is 0.768 bits per heavy atom. The Kier molecular flexibility index (Phi) is 15.1. The standard InChI is InChI=1S/C52H49ClF3N5O5S3/c1-34(2)61-35(3)48(51(62)63)49(50(61)36-17-19-38(53)20-18-36)37-11-10-12-39(31-37)59-26-28-60(29-27-59)40-21-23-44(46(32-40)66-41-13-6-4-7-14-41)58-68-43-22-24-45(47(33-43)69(64,65)52(54,55)56)57-25-30-67-42-15-8-5-9-16-42/h4-24,31-34,57-58H,25-30H2,1-3H3,(H,62,63). The minimum absolute atomic E-state index is 0.0117. The van der Waals surface area contributed by atoms with Gasteiger partial charge in [-0.15, -0.1) is 11.8 Å². The molecule has 0 saturated carbocycles. The van der Waals surface area contributed by atoms with E-state index in [1.807, 2.05) is 142 Å². The van der Waals surface area contributed by atoms with Crippen LogP contribution in [0.3, 0.4) is 0 Å². The second-order valence-corrected chi connectivity index (χ2v) is 20.9. The van der Waals surface area contributed by atoms with Crippen molar-refractivity contribution in [2.75, 3.05) is 58.3 Å². The SMILES string of the molecule is Cc1c(C(=O)O)c(-c2cccc(N3CCN(c4ccc(NSc5ccc(NCCSc6ccccc6)c(S(=O)(=O)C(F)(F)F)c5)c(Oc5ccccc5)c4)CC3)c2)c(-c2ccc(Cl)cc2)n1C(C)C. The van der Waals surface area contributed by atoms with Gasteiger partial charge in [0.15, 0.2) is 5.75 Å². The van der Waals surface area contributed by atoms with Crippen LogP contribution in [0.5, 0.6) is 11.5 Å². The van der Waals surface area contributed by atoms with Gasteiger partial charge in [0.1, 0.15) is 10.6 Å². The van der Waals surface area contributed by atoms with Crippen molar-refractivity contribution in [3.63, 3.8) is 0 Å². The molecule has 358 valence electrons. The monoisotopic (exact) mass is 1010 g/mol. The van der Waals surface area contributed by atoms with Crippen LogP contribution in [0.25, 0.3) is 22.4 Å². The summed E-state index contributed by atoms with van der Waals surface area (Å²) in [6.07, 6.45) is 0. The lowest BCUT2D eigenvalue weighted by atomic mass is 9.96. The zero-order valence-corrected chi connectivity index (χ0v) is 41.0. The largest absolute Gasteiger partial charge is 0.501 e. The summed E-state index contributed by atoms with van der Waals surface area (Å²) in [7, 11) is -5.70. The van der Waals surface area contributed by atoms with Crippen LogP contribution in [0.1, 0.15) is 35.9 Å². The highest BCUT2D eigenvalue weighted by molar-refractivity contribution is 8.00. The van der Waals surface area contributed by atoms with Gasteiger partial charge in [-0.25, -0.2) is 13.2 Å². The number of nitrogens with one attached hydrogen (secondary N) is 2. The van der Waals surface area contributed by atoms with Crippen LogP contribution in [-0.4, -0.2) is 68.0 Å². The number of halogens is 4. The van der Waals surface area contributed by atoms with Gasteiger partial charge < -0.3 is 34.2 Å². The molecule has 1 fully saturated rings. The maximum atomic E-state index is 14.0. The Morgan fingerprint density at radius 2 is 1.41 bits per heavy atom. The number of thioether (sulfide) groups is 1. The number of carboxylic acids is 1. The number of para-hydroxylation sites is 1. The fraction of sp³-hybridized carbons (Fsp3) is 0.212. The molecular weight excluding hydrogens is 963 g/mol. The first kappa shape index (κ1) is 49.2. The van der Waals surface area contributed by atoms with E-state index in [-0.39, 0.29) is 28.7 Å². The van der Waals surface area contributed by atoms with E-state index in [0.29, 0.717) is 65.4 Å². The molecule has 0 spiro atoms. The normalized spacial score (nSPS) is 13.2. The average molecular weight is 1010 g/mol. The van der Waals surface area contributed by atoms with Crippen LogP contribution in [0.15, 0.2) is 160 Å². The summed E-state index contributed by atoms with van der Waals surface area (Å²) >= 11 is 8.74. The van der Waals surface area contributed by atoms with Crippen molar-refractivity contribution in [1.82, 2.24) is 4.57 Å². The minimum Gasteiger partial charge on any atom is -0.478 e. The van der Waals surface area contributed by atoms with E-state index < -0.39 is 26.2 Å². The van der Waals surface area contributed by atoms with Gasteiger partial charge in [0, 0.05) is 88.0 Å². The lowest BCUT2D eigenvalue weighted by molar-refractivity contribution is -0.0435. The molecular formula is C52H49ClF3N5O5S3. The number of aromatic carboxylic acids is 1. The molecule has 1 aliphatic rings. The number of piperazine rings is 1. The third-order valence-electron chi connectivity index (χ3n) is 11.6. The van der Waals surface area contributed by atoms with Crippen LogP contribution in [0, 0.1) is 6.92 Å².